The molecule has 3 aliphatic carbocycles. The van der Waals surface area contributed by atoms with E-state index in [2.05, 4.69) is 20.8 Å². The van der Waals surface area contributed by atoms with Crippen molar-refractivity contribution in [1.82, 2.24) is 0 Å². The minimum Gasteiger partial charge on any atom is -0.295 e. The first kappa shape index (κ1) is 12.4. The van der Waals surface area contributed by atoms with Gasteiger partial charge in [-0.3, -0.25) is 4.79 Å². The summed E-state index contributed by atoms with van der Waals surface area (Å²) in [5.74, 6) is 1.93. The zero-order valence-corrected chi connectivity index (χ0v) is 12.1. The van der Waals surface area contributed by atoms with Crippen LogP contribution in [0.2, 0.25) is 0 Å². The summed E-state index contributed by atoms with van der Waals surface area (Å²) in [6.45, 7) is 7.46. The number of hydrogen-bond donors (Lipinski definition) is 0. The molecule has 1 unspecified atom stereocenters. The lowest BCUT2D eigenvalue weighted by Crippen LogP contribution is -2.50. The van der Waals surface area contributed by atoms with Crippen LogP contribution in [0, 0.1) is 22.7 Å². The molecule has 100 valence electrons. The van der Waals surface area contributed by atoms with Crippen molar-refractivity contribution in [3.8, 4) is 0 Å². The van der Waals surface area contributed by atoms with Crippen LogP contribution < -0.4 is 0 Å². The Morgan fingerprint density at radius 1 is 1.11 bits per heavy atom. The van der Waals surface area contributed by atoms with E-state index in [0.717, 1.165) is 18.8 Å². The quantitative estimate of drug-likeness (QED) is 0.614. The Balaban J connectivity index is 1.98. The molecule has 0 heterocycles. The summed E-state index contributed by atoms with van der Waals surface area (Å²) in [5, 5.41) is 0. The predicted molar refractivity (Wildman–Crippen MR) is 74.3 cm³/mol. The summed E-state index contributed by atoms with van der Waals surface area (Å²) < 4.78 is 0. The molecule has 0 aromatic carbocycles. The lowest BCUT2D eigenvalue weighted by Gasteiger charge is -2.58. The van der Waals surface area contributed by atoms with E-state index in [4.69, 9.17) is 0 Å². The van der Waals surface area contributed by atoms with E-state index in [1.807, 2.05) is 6.08 Å². The standard InChI is InChI=1S/C17H26O/c1-16(2)9-4-10-17(3)14-7-6-13(18)11-12(14)5-8-15(16)17/h11,14-15H,4-10H2,1-3H3/t14?,15-,17+/m0/s1. The lowest BCUT2D eigenvalue weighted by atomic mass is 9.46. The SMILES string of the molecule is CC1(C)CCC[C@]2(C)C3CCC(=O)C=C3CC[C@@H]12. The third-order valence-electron chi connectivity index (χ3n) is 6.27. The van der Waals surface area contributed by atoms with Gasteiger partial charge in [0.05, 0.1) is 0 Å². The van der Waals surface area contributed by atoms with Crippen LogP contribution >= 0.6 is 0 Å². The maximum Gasteiger partial charge on any atom is 0.155 e. The number of carbonyl (C=O) groups is 1. The van der Waals surface area contributed by atoms with Crippen LogP contribution in [-0.4, -0.2) is 5.78 Å². The molecule has 0 bridgehead atoms. The number of hydrogen-bond acceptors (Lipinski definition) is 1. The van der Waals surface area contributed by atoms with Gasteiger partial charge < -0.3 is 0 Å². The van der Waals surface area contributed by atoms with E-state index in [0.29, 0.717) is 22.5 Å². The number of fused-ring (bicyclic) bond motifs is 3. The van der Waals surface area contributed by atoms with Crippen molar-refractivity contribution in [2.24, 2.45) is 22.7 Å². The Bertz CT molecular complexity index is 404. The molecule has 0 amide bonds. The topological polar surface area (TPSA) is 17.1 Å². The Morgan fingerprint density at radius 3 is 2.67 bits per heavy atom. The molecule has 18 heavy (non-hydrogen) atoms. The smallest absolute Gasteiger partial charge is 0.155 e. The average molecular weight is 246 g/mol. The maximum atomic E-state index is 11.6. The number of rotatable bonds is 0. The highest BCUT2D eigenvalue weighted by atomic mass is 16.1. The van der Waals surface area contributed by atoms with Crippen molar-refractivity contribution in [3.05, 3.63) is 11.6 Å². The largest absolute Gasteiger partial charge is 0.295 e. The second kappa shape index (κ2) is 3.95. The van der Waals surface area contributed by atoms with Gasteiger partial charge in [-0.25, -0.2) is 0 Å². The van der Waals surface area contributed by atoms with E-state index >= 15 is 0 Å². The number of ketones is 1. The molecule has 0 spiro atoms. The Hall–Kier alpha value is -0.590. The van der Waals surface area contributed by atoms with E-state index in [9.17, 15) is 4.79 Å². The van der Waals surface area contributed by atoms with Gasteiger partial charge in [-0.1, -0.05) is 32.8 Å². The molecule has 2 fully saturated rings. The first-order valence-corrected chi connectivity index (χ1v) is 7.67. The third kappa shape index (κ3) is 1.70. The third-order valence-corrected chi connectivity index (χ3v) is 6.27. The van der Waals surface area contributed by atoms with E-state index < -0.39 is 0 Å². The normalized spacial score (nSPS) is 42.8. The summed E-state index contributed by atoms with van der Waals surface area (Å²) >= 11 is 0. The van der Waals surface area contributed by atoms with Crippen molar-refractivity contribution >= 4 is 5.78 Å². The van der Waals surface area contributed by atoms with Crippen LogP contribution in [-0.2, 0) is 4.79 Å². The summed E-state index contributed by atoms with van der Waals surface area (Å²) in [4.78, 5) is 11.6. The molecule has 2 saturated carbocycles. The fraction of sp³-hybridized carbons (Fsp3) is 0.824. The van der Waals surface area contributed by atoms with Gasteiger partial charge in [0.2, 0.25) is 0 Å². The Labute approximate surface area is 111 Å². The van der Waals surface area contributed by atoms with Crippen LogP contribution in [0.15, 0.2) is 11.6 Å². The molecular formula is C17H26O. The molecule has 0 saturated heterocycles. The molecule has 0 N–H and O–H groups in total. The fourth-order valence-electron chi connectivity index (χ4n) is 5.47. The molecule has 3 rings (SSSR count). The van der Waals surface area contributed by atoms with Crippen molar-refractivity contribution in [1.29, 1.82) is 0 Å². The first-order valence-electron chi connectivity index (χ1n) is 7.67. The van der Waals surface area contributed by atoms with Gasteiger partial charge in [-0.15, -0.1) is 0 Å². The van der Waals surface area contributed by atoms with Gasteiger partial charge >= 0.3 is 0 Å². The zero-order valence-electron chi connectivity index (χ0n) is 12.1. The highest BCUT2D eigenvalue weighted by molar-refractivity contribution is 5.91. The molecule has 0 aliphatic heterocycles. The fourth-order valence-corrected chi connectivity index (χ4v) is 5.47. The van der Waals surface area contributed by atoms with Gasteiger partial charge in [-0.05, 0) is 60.8 Å². The van der Waals surface area contributed by atoms with E-state index in [1.165, 1.54) is 37.7 Å². The summed E-state index contributed by atoms with van der Waals surface area (Å²) in [6.07, 6.45) is 10.5. The molecule has 0 aromatic rings. The van der Waals surface area contributed by atoms with Crippen molar-refractivity contribution < 1.29 is 4.79 Å². The monoisotopic (exact) mass is 246 g/mol. The van der Waals surface area contributed by atoms with Gasteiger partial charge in [-0.2, -0.15) is 0 Å². The molecular weight excluding hydrogens is 220 g/mol. The van der Waals surface area contributed by atoms with Crippen LogP contribution in [0.1, 0.15) is 65.7 Å². The second-order valence-electron chi connectivity index (χ2n) is 7.72. The minimum atomic E-state index is 0.373. The first-order chi connectivity index (χ1) is 8.43. The van der Waals surface area contributed by atoms with Crippen molar-refractivity contribution in [2.75, 3.05) is 0 Å². The zero-order chi connectivity index (χ0) is 13.0. The average Bonchev–Trinajstić information content (AvgIpc) is 2.27. The summed E-state index contributed by atoms with van der Waals surface area (Å²) in [7, 11) is 0. The van der Waals surface area contributed by atoms with Gasteiger partial charge in [0.15, 0.2) is 5.78 Å². The summed E-state index contributed by atoms with van der Waals surface area (Å²) in [5.41, 5.74) is 2.45. The Kier molecular flexibility index (Phi) is 2.73. The van der Waals surface area contributed by atoms with Crippen molar-refractivity contribution in [2.45, 2.75) is 65.7 Å². The van der Waals surface area contributed by atoms with Crippen LogP contribution in [0.5, 0.6) is 0 Å². The van der Waals surface area contributed by atoms with E-state index in [-0.39, 0.29) is 0 Å². The molecule has 1 nitrogen and oxygen atoms in total. The van der Waals surface area contributed by atoms with Crippen LogP contribution in [0.4, 0.5) is 0 Å². The van der Waals surface area contributed by atoms with Crippen LogP contribution in [0.3, 0.4) is 0 Å². The van der Waals surface area contributed by atoms with Gasteiger partial charge in [0.25, 0.3) is 0 Å². The van der Waals surface area contributed by atoms with Gasteiger partial charge in [0, 0.05) is 6.42 Å². The minimum absolute atomic E-state index is 0.373. The highest BCUT2D eigenvalue weighted by Crippen LogP contribution is 2.62. The summed E-state index contributed by atoms with van der Waals surface area (Å²) in [6, 6.07) is 0. The van der Waals surface area contributed by atoms with E-state index in [1.54, 1.807) is 0 Å². The number of carbonyl (C=O) groups excluding carboxylic acids is 1. The van der Waals surface area contributed by atoms with Crippen LogP contribution in [0.25, 0.3) is 0 Å². The second-order valence-corrected chi connectivity index (χ2v) is 7.72. The molecule has 0 aromatic heterocycles. The predicted octanol–water partition coefficient (Wildman–Crippen LogP) is 4.52. The van der Waals surface area contributed by atoms with Crippen molar-refractivity contribution in [3.63, 3.8) is 0 Å². The lowest BCUT2D eigenvalue weighted by molar-refractivity contribution is -0.117. The van der Waals surface area contributed by atoms with Gasteiger partial charge in [0.1, 0.15) is 0 Å². The Morgan fingerprint density at radius 2 is 1.89 bits per heavy atom. The number of allylic oxidation sites excluding steroid dienone is 2. The molecule has 3 atom stereocenters. The molecule has 1 heteroatoms. The maximum absolute atomic E-state index is 11.6. The molecule has 3 aliphatic rings. The highest BCUT2D eigenvalue weighted by Gasteiger charge is 2.53. The molecule has 0 radical (unpaired) electrons.